The lowest BCUT2D eigenvalue weighted by molar-refractivity contribution is -0.275. The second kappa shape index (κ2) is 8.94. The first-order valence-corrected chi connectivity index (χ1v) is 11.6. The van der Waals surface area contributed by atoms with Gasteiger partial charge in [0.25, 0.3) is 0 Å². The summed E-state index contributed by atoms with van der Waals surface area (Å²) < 4.78 is 68.8. The van der Waals surface area contributed by atoms with Crippen molar-refractivity contribution < 1.29 is 31.4 Å². The summed E-state index contributed by atoms with van der Waals surface area (Å²) in [7, 11) is -4.06. The number of hydrogen-bond donors (Lipinski definition) is 1. The Hall–Kier alpha value is -1.48. The van der Waals surface area contributed by atoms with E-state index in [0.29, 0.717) is 36.3 Å². The third kappa shape index (κ3) is 5.81. The summed E-state index contributed by atoms with van der Waals surface area (Å²) in [5.41, 5.74) is 0.647. The van der Waals surface area contributed by atoms with E-state index in [1.54, 1.807) is 0 Å². The van der Waals surface area contributed by atoms with Crippen LogP contribution in [0.1, 0.15) is 25.7 Å². The Morgan fingerprint density at radius 1 is 1.03 bits per heavy atom. The Kier molecular flexibility index (Phi) is 6.91. The van der Waals surface area contributed by atoms with Crippen LogP contribution in [0.15, 0.2) is 41.3 Å². The van der Waals surface area contributed by atoms with Gasteiger partial charge in [0.2, 0.25) is 0 Å². The van der Waals surface area contributed by atoms with Gasteiger partial charge < -0.3 is 9.84 Å². The molecule has 0 heterocycles. The summed E-state index contributed by atoms with van der Waals surface area (Å²) >= 11 is 12.0. The van der Waals surface area contributed by atoms with Crippen molar-refractivity contribution in [2.24, 2.45) is 5.92 Å². The Bertz CT molecular complexity index is 1020. The molecule has 0 saturated heterocycles. The minimum Gasteiger partial charge on any atom is -0.404 e. The van der Waals surface area contributed by atoms with Crippen LogP contribution in [-0.2, 0) is 9.84 Å². The molecule has 1 aliphatic rings. The third-order valence-electron chi connectivity index (χ3n) is 5.02. The maximum absolute atomic E-state index is 13.0. The second-order valence-electron chi connectivity index (χ2n) is 7.29. The molecule has 0 amide bonds. The maximum Gasteiger partial charge on any atom is 0.573 e. The fourth-order valence-electron chi connectivity index (χ4n) is 3.57. The molecule has 0 aromatic heterocycles. The summed E-state index contributed by atoms with van der Waals surface area (Å²) in [5.74, 6) is -1.35. The summed E-state index contributed by atoms with van der Waals surface area (Å²) in [5, 5.41) is 10.1. The molecule has 0 spiro atoms. The van der Waals surface area contributed by atoms with Gasteiger partial charge in [0.1, 0.15) is 10.6 Å². The lowest BCUT2D eigenvalue weighted by Gasteiger charge is -2.25. The van der Waals surface area contributed by atoms with Gasteiger partial charge >= 0.3 is 6.36 Å². The molecule has 0 bridgehead atoms. The van der Waals surface area contributed by atoms with Crippen molar-refractivity contribution in [2.75, 3.05) is 5.75 Å². The van der Waals surface area contributed by atoms with E-state index < -0.39 is 32.9 Å². The number of alkyl halides is 3. The second-order valence-corrected chi connectivity index (χ2v) is 10.1. The van der Waals surface area contributed by atoms with E-state index in [9.17, 15) is 26.7 Å². The molecule has 1 fully saturated rings. The minimum absolute atomic E-state index is 0.205. The zero-order valence-corrected chi connectivity index (χ0v) is 18.0. The van der Waals surface area contributed by atoms with E-state index in [4.69, 9.17) is 23.2 Å². The van der Waals surface area contributed by atoms with Gasteiger partial charge in [-0.1, -0.05) is 35.3 Å². The van der Waals surface area contributed by atoms with E-state index in [2.05, 4.69) is 4.74 Å². The third-order valence-corrected chi connectivity index (χ3v) is 7.48. The monoisotopic (exact) mass is 482 g/mol. The van der Waals surface area contributed by atoms with Crippen LogP contribution in [0.25, 0.3) is 11.1 Å². The molecule has 0 aliphatic heterocycles. The quantitative estimate of drug-likeness (QED) is 0.577. The lowest BCUT2D eigenvalue weighted by Crippen LogP contribution is -2.25. The molecule has 4 nitrogen and oxygen atoms in total. The number of benzene rings is 2. The van der Waals surface area contributed by atoms with Gasteiger partial charge in [-0.05, 0) is 61.4 Å². The smallest absolute Gasteiger partial charge is 0.404 e. The van der Waals surface area contributed by atoms with Crippen molar-refractivity contribution >= 4 is 33.0 Å². The van der Waals surface area contributed by atoms with E-state index in [-0.39, 0.29) is 22.3 Å². The first-order chi connectivity index (χ1) is 13.9. The largest absolute Gasteiger partial charge is 0.573 e. The molecule has 1 saturated carbocycles. The fraction of sp³-hybridized carbons (Fsp3) is 0.400. The molecule has 2 aromatic carbocycles. The highest BCUT2D eigenvalue weighted by Gasteiger charge is 2.35. The van der Waals surface area contributed by atoms with Crippen molar-refractivity contribution in [1.29, 1.82) is 0 Å². The van der Waals surface area contributed by atoms with Gasteiger partial charge in [-0.2, -0.15) is 0 Å². The zero-order valence-electron chi connectivity index (χ0n) is 15.6. The number of aliphatic hydroxyl groups excluding tert-OH is 1. The standard InChI is InChI=1S/C20H19Cl2F3O4S/c21-14-4-7-16(17(22)10-14)13-3-8-19(18(9-13)29-20(23,24)25)30(27,28)11-12-1-5-15(26)6-2-12/h3-4,7-10,12,15,26H,1-2,5-6,11H2. The molecule has 3 rings (SSSR count). The number of halogens is 5. The van der Waals surface area contributed by atoms with E-state index in [1.807, 2.05) is 0 Å². The molecule has 30 heavy (non-hydrogen) atoms. The average Bonchev–Trinajstić information content (AvgIpc) is 2.62. The predicted octanol–water partition coefficient (Wildman–Crippen LogP) is 5.88. The maximum atomic E-state index is 13.0. The fourth-order valence-corrected chi connectivity index (χ4v) is 5.91. The van der Waals surface area contributed by atoms with Crippen molar-refractivity contribution in [3.05, 3.63) is 46.4 Å². The Balaban J connectivity index is 1.98. The number of hydrogen-bond acceptors (Lipinski definition) is 4. The van der Waals surface area contributed by atoms with Crippen LogP contribution in [0.4, 0.5) is 13.2 Å². The molecule has 164 valence electrons. The average molecular weight is 483 g/mol. The van der Waals surface area contributed by atoms with E-state index >= 15 is 0 Å². The van der Waals surface area contributed by atoms with Gasteiger partial charge in [-0.15, -0.1) is 13.2 Å². The van der Waals surface area contributed by atoms with Gasteiger partial charge in [-0.3, -0.25) is 0 Å². The van der Waals surface area contributed by atoms with Crippen LogP contribution in [0.5, 0.6) is 5.75 Å². The van der Waals surface area contributed by atoms with Crippen molar-refractivity contribution in [3.8, 4) is 16.9 Å². The highest BCUT2D eigenvalue weighted by atomic mass is 35.5. The SMILES string of the molecule is O=S(=O)(CC1CCC(O)CC1)c1ccc(-c2ccc(Cl)cc2Cl)cc1OC(F)(F)F. The van der Waals surface area contributed by atoms with Crippen LogP contribution in [0, 0.1) is 5.92 Å². The zero-order chi connectivity index (χ0) is 22.1. The first kappa shape index (κ1) is 23.2. The molecule has 0 atom stereocenters. The summed E-state index contributed by atoms with van der Waals surface area (Å²) in [4.78, 5) is -0.528. The number of rotatable bonds is 5. The molecule has 1 N–H and O–H groups in total. The van der Waals surface area contributed by atoms with Gasteiger partial charge in [-0.25, -0.2) is 8.42 Å². The first-order valence-electron chi connectivity index (χ1n) is 9.20. The molecular weight excluding hydrogens is 464 g/mol. The van der Waals surface area contributed by atoms with Gasteiger partial charge in [0, 0.05) is 15.6 Å². The highest BCUT2D eigenvalue weighted by molar-refractivity contribution is 7.91. The number of ether oxygens (including phenoxy) is 1. The van der Waals surface area contributed by atoms with Gasteiger partial charge in [0.05, 0.1) is 11.9 Å². The number of aliphatic hydroxyl groups is 1. The van der Waals surface area contributed by atoms with Crippen LogP contribution >= 0.6 is 23.2 Å². The Morgan fingerprint density at radius 3 is 2.30 bits per heavy atom. The van der Waals surface area contributed by atoms with Crippen molar-refractivity contribution in [2.45, 2.75) is 43.0 Å². The lowest BCUT2D eigenvalue weighted by atomic mass is 9.89. The van der Waals surface area contributed by atoms with Crippen molar-refractivity contribution in [3.63, 3.8) is 0 Å². The highest BCUT2D eigenvalue weighted by Crippen LogP contribution is 2.38. The molecule has 0 radical (unpaired) electrons. The van der Waals surface area contributed by atoms with Crippen LogP contribution < -0.4 is 4.74 Å². The molecular formula is C20H19Cl2F3O4S. The molecule has 1 aliphatic carbocycles. The summed E-state index contributed by atoms with van der Waals surface area (Å²) in [6, 6.07) is 7.99. The van der Waals surface area contributed by atoms with Gasteiger partial charge in [0.15, 0.2) is 9.84 Å². The summed E-state index contributed by atoms with van der Waals surface area (Å²) in [6.07, 6.45) is -3.60. The topological polar surface area (TPSA) is 63.6 Å². The van der Waals surface area contributed by atoms with Crippen molar-refractivity contribution in [1.82, 2.24) is 0 Å². The minimum atomic E-state index is -5.07. The van der Waals surface area contributed by atoms with E-state index in [1.165, 1.54) is 24.3 Å². The number of sulfone groups is 1. The van der Waals surface area contributed by atoms with Crippen LogP contribution in [-0.4, -0.2) is 31.7 Å². The van der Waals surface area contributed by atoms with Crippen LogP contribution in [0.2, 0.25) is 10.0 Å². The Morgan fingerprint density at radius 2 is 1.70 bits per heavy atom. The predicted molar refractivity (Wildman–Crippen MR) is 109 cm³/mol. The normalized spacial score (nSPS) is 20.2. The molecule has 0 unspecified atom stereocenters. The van der Waals surface area contributed by atoms with Crippen LogP contribution in [0.3, 0.4) is 0 Å². The molecule has 10 heteroatoms. The summed E-state index contributed by atoms with van der Waals surface area (Å²) in [6.45, 7) is 0. The Labute approximate surface area is 182 Å². The van der Waals surface area contributed by atoms with E-state index in [0.717, 1.165) is 12.1 Å². The molecule has 2 aromatic rings.